The molecule has 19 heavy (non-hydrogen) atoms. The fourth-order valence-corrected chi connectivity index (χ4v) is 3.26. The van der Waals surface area contributed by atoms with Crippen molar-refractivity contribution < 1.29 is 8.42 Å². The Balaban J connectivity index is 3.03. The summed E-state index contributed by atoms with van der Waals surface area (Å²) in [5, 5.41) is 0. The van der Waals surface area contributed by atoms with Gasteiger partial charge in [-0.2, -0.15) is 0 Å². The summed E-state index contributed by atoms with van der Waals surface area (Å²) in [7, 11) is -1.88. The maximum Gasteiger partial charge on any atom is 0.242 e. The van der Waals surface area contributed by atoms with Crippen LogP contribution < -0.4 is 5.73 Å². The molecular weight excluding hydrogens is 280 g/mol. The second-order valence-corrected chi connectivity index (χ2v) is 8.20. The van der Waals surface area contributed by atoms with Crippen molar-refractivity contribution in [1.29, 1.82) is 0 Å². The lowest BCUT2D eigenvalue weighted by molar-refractivity contribution is 0.311. The molecule has 0 heterocycles. The molecule has 4 nitrogen and oxygen atoms in total. The number of sulfonamides is 1. The van der Waals surface area contributed by atoms with Gasteiger partial charge in [0.1, 0.15) is 4.99 Å². The molecule has 1 aromatic carbocycles. The van der Waals surface area contributed by atoms with E-state index in [4.69, 9.17) is 18.0 Å². The molecule has 0 saturated carbocycles. The van der Waals surface area contributed by atoms with E-state index in [1.807, 2.05) is 20.8 Å². The number of benzene rings is 1. The fraction of sp³-hybridized carbons (Fsp3) is 0.462. The molecule has 0 aliphatic heterocycles. The number of rotatable bonds is 4. The largest absolute Gasteiger partial charge is 0.389 e. The molecule has 1 aromatic rings. The van der Waals surface area contributed by atoms with Crippen molar-refractivity contribution in [2.24, 2.45) is 11.1 Å². The summed E-state index contributed by atoms with van der Waals surface area (Å²) in [6, 6.07) is 6.31. The Kier molecular flexibility index (Phi) is 4.71. The van der Waals surface area contributed by atoms with Crippen LogP contribution in [-0.4, -0.2) is 31.3 Å². The smallest absolute Gasteiger partial charge is 0.242 e. The third-order valence-corrected chi connectivity index (χ3v) is 4.60. The molecule has 0 aliphatic rings. The lowest BCUT2D eigenvalue weighted by Gasteiger charge is -2.26. The van der Waals surface area contributed by atoms with Crippen LogP contribution in [0.4, 0.5) is 0 Å². The van der Waals surface area contributed by atoms with Crippen molar-refractivity contribution >= 4 is 27.2 Å². The lowest BCUT2D eigenvalue weighted by atomic mass is 9.97. The second kappa shape index (κ2) is 5.56. The van der Waals surface area contributed by atoms with Crippen LogP contribution in [0.3, 0.4) is 0 Å². The highest BCUT2D eigenvalue weighted by Crippen LogP contribution is 2.21. The highest BCUT2D eigenvalue weighted by atomic mass is 32.2. The summed E-state index contributed by atoms with van der Waals surface area (Å²) < 4.78 is 26.1. The summed E-state index contributed by atoms with van der Waals surface area (Å²) >= 11 is 4.84. The van der Waals surface area contributed by atoms with Crippen LogP contribution in [0.2, 0.25) is 0 Å². The van der Waals surface area contributed by atoms with Gasteiger partial charge in [0.2, 0.25) is 10.0 Å². The molecule has 106 valence electrons. The van der Waals surface area contributed by atoms with Crippen molar-refractivity contribution in [3.63, 3.8) is 0 Å². The van der Waals surface area contributed by atoms with Crippen LogP contribution >= 0.6 is 12.2 Å². The maximum atomic E-state index is 12.4. The Labute approximate surface area is 120 Å². The van der Waals surface area contributed by atoms with E-state index in [2.05, 4.69) is 0 Å². The van der Waals surface area contributed by atoms with Crippen LogP contribution in [0, 0.1) is 5.41 Å². The van der Waals surface area contributed by atoms with Gasteiger partial charge in [0.15, 0.2) is 0 Å². The molecule has 0 radical (unpaired) electrons. The highest BCUT2D eigenvalue weighted by Gasteiger charge is 2.25. The molecule has 0 aromatic heterocycles. The summed E-state index contributed by atoms with van der Waals surface area (Å²) in [6.07, 6.45) is 0. The Bertz CT molecular complexity index is 557. The zero-order valence-electron chi connectivity index (χ0n) is 11.7. The van der Waals surface area contributed by atoms with E-state index < -0.39 is 10.0 Å². The second-order valence-electron chi connectivity index (χ2n) is 5.71. The molecule has 2 N–H and O–H groups in total. The van der Waals surface area contributed by atoms with Gasteiger partial charge in [-0.1, -0.05) is 45.1 Å². The SMILES string of the molecule is CN(CC(C)(C)C)S(=O)(=O)c1ccc(C(N)=S)cc1. The first-order valence-corrected chi connectivity index (χ1v) is 7.75. The quantitative estimate of drug-likeness (QED) is 0.864. The van der Waals surface area contributed by atoms with E-state index >= 15 is 0 Å². The van der Waals surface area contributed by atoms with E-state index in [0.717, 1.165) is 0 Å². The first-order chi connectivity index (χ1) is 8.54. The van der Waals surface area contributed by atoms with E-state index in [-0.39, 0.29) is 15.3 Å². The van der Waals surface area contributed by atoms with E-state index in [9.17, 15) is 8.42 Å². The topological polar surface area (TPSA) is 63.4 Å². The summed E-state index contributed by atoms with van der Waals surface area (Å²) in [5.74, 6) is 0. The van der Waals surface area contributed by atoms with Gasteiger partial charge >= 0.3 is 0 Å². The monoisotopic (exact) mass is 300 g/mol. The van der Waals surface area contributed by atoms with Gasteiger partial charge < -0.3 is 5.73 Å². The Morgan fingerprint density at radius 1 is 1.26 bits per heavy atom. The standard InChI is InChI=1S/C13H20N2O2S2/c1-13(2,3)9-15(4)19(16,17)11-7-5-10(6-8-11)12(14)18/h5-8H,9H2,1-4H3,(H2,14,18). The number of hydrogen-bond acceptors (Lipinski definition) is 3. The zero-order chi connectivity index (χ0) is 14.8. The highest BCUT2D eigenvalue weighted by molar-refractivity contribution is 7.89. The molecule has 0 saturated heterocycles. The van der Waals surface area contributed by atoms with Crippen LogP contribution in [0.15, 0.2) is 29.2 Å². The minimum Gasteiger partial charge on any atom is -0.389 e. The number of nitrogens with two attached hydrogens (primary N) is 1. The van der Waals surface area contributed by atoms with Crippen molar-refractivity contribution in [2.75, 3.05) is 13.6 Å². The minimum absolute atomic E-state index is 0.0966. The molecule has 0 spiro atoms. The van der Waals surface area contributed by atoms with Crippen molar-refractivity contribution in [2.45, 2.75) is 25.7 Å². The van der Waals surface area contributed by atoms with Gasteiger partial charge in [0, 0.05) is 19.2 Å². The minimum atomic E-state index is -3.47. The average Bonchev–Trinajstić information content (AvgIpc) is 2.26. The molecule has 0 aliphatic carbocycles. The first kappa shape index (κ1) is 16.1. The predicted octanol–water partition coefficient (Wildman–Crippen LogP) is 1.99. The van der Waals surface area contributed by atoms with Crippen molar-refractivity contribution in [3.05, 3.63) is 29.8 Å². The van der Waals surface area contributed by atoms with Crippen molar-refractivity contribution in [3.8, 4) is 0 Å². The van der Waals surface area contributed by atoms with E-state index in [0.29, 0.717) is 12.1 Å². The molecule has 0 amide bonds. The maximum absolute atomic E-state index is 12.4. The van der Waals surface area contributed by atoms with Crippen LogP contribution in [0.1, 0.15) is 26.3 Å². The van der Waals surface area contributed by atoms with Gasteiger partial charge in [0.05, 0.1) is 4.90 Å². The summed E-state index contributed by atoms with van der Waals surface area (Å²) in [4.78, 5) is 0.506. The predicted molar refractivity (Wildman–Crippen MR) is 81.6 cm³/mol. The number of nitrogens with zero attached hydrogens (tertiary/aromatic N) is 1. The normalized spacial score (nSPS) is 12.7. The van der Waals surface area contributed by atoms with Gasteiger partial charge in [-0.3, -0.25) is 0 Å². The Morgan fingerprint density at radius 3 is 2.11 bits per heavy atom. The Morgan fingerprint density at radius 2 is 1.74 bits per heavy atom. The van der Waals surface area contributed by atoms with E-state index in [1.165, 1.54) is 16.4 Å². The van der Waals surface area contributed by atoms with Crippen LogP contribution in [-0.2, 0) is 10.0 Å². The third-order valence-electron chi connectivity index (χ3n) is 2.54. The molecule has 0 atom stereocenters. The van der Waals surface area contributed by atoms with Gasteiger partial charge in [0.25, 0.3) is 0 Å². The molecular formula is C13H20N2O2S2. The third kappa shape index (κ3) is 4.26. The van der Waals surface area contributed by atoms with Crippen LogP contribution in [0.25, 0.3) is 0 Å². The van der Waals surface area contributed by atoms with Gasteiger partial charge in [-0.25, -0.2) is 12.7 Å². The molecule has 0 fully saturated rings. The van der Waals surface area contributed by atoms with E-state index in [1.54, 1.807) is 19.2 Å². The fourth-order valence-electron chi connectivity index (χ4n) is 1.72. The average molecular weight is 300 g/mol. The lowest BCUT2D eigenvalue weighted by Crippen LogP contribution is -2.34. The summed E-state index contributed by atoms with van der Waals surface area (Å²) in [6.45, 7) is 6.44. The molecule has 0 unspecified atom stereocenters. The summed E-state index contributed by atoms with van der Waals surface area (Å²) in [5.41, 5.74) is 6.05. The molecule has 0 bridgehead atoms. The van der Waals surface area contributed by atoms with Crippen molar-refractivity contribution in [1.82, 2.24) is 4.31 Å². The van der Waals surface area contributed by atoms with Gasteiger partial charge in [-0.05, 0) is 17.5 Å². The first-order valence-electron chi connectivity index (χ1n) is 5.90. The zero-order valence-corrected chi connectivity index (χ0v) is 13.3. The molecule has 1 rings (SSSR count). The van der Waals surface area contributed by atoms with Gasteiger partial charge in [-0.15, -0.1) is 0 Å². The number of thiocarbonyl (C=S) groups is 1. The van der Waals surface area contributed by atoms with Crippen LogP contribution in [0.5, 0.6) is 0 Å². The number of hydrogen-bond donors (Lipinski definition) is 1. The Hall–Kier alpha value is -0.980. The molecule has 6 heteroatoms.